The van der Waals surface area contributed by atoms with E-state index < -0.39 is 0 Å². The number of aryl methyl sites for hydroxylation is 1. The van der Waals surface area contributed by atoms with Gasteiger partial charge in [0, 0.05) is 28.1 Å². The average molecular weight is 374 g/mol. The van der Waals surface area contributed by atoms with Gasteiger partial charge in [-0.2, -0.15) is 0 Å². The van der Waals surface area contributed by atoms with E-state index >= 15 is 0 Å². The monoisotopic (exact) mass is 374 g/mol. The summed E-state index contributed by atoms with van der Waals surface area (Å²) in [6, 6.07) is 20.7. The summed E-state index contributed by atoms with van der Waals surface area (Å²) in [6.45, 7) is 1.98. The lowest BCUT2D eigenvalue weighted by molar-refractivity contribution is 0.0989. The molecule has 3 aromatic rings. The zero-order chi connectivity index (χ0) is 19.0. The van der Waals surface area contributed by atoms with E-state index in [1.807, 2.05) is 61.5 Å². The number of nitrogens with one attached hydrogen (secondary N) is 1. The number of nitrogens with zero attached hydrogens (tertiary/aromatic N) is 1. The van der Waals surface area contributed by atoms with Gasteiger partial charge in [0.25, 0.3) is 11.8 Å². The molecule has 0 bridgehead atoms. The van der Waals surface area contributed by atoms with E-state index in [4.69, 9.17) is 0 Å². The Bertz CT molecular complexity index is 1040. The minimum Gasteiger partial charge on any atom is -0.322 e. The van der Waals surface area contributed by atoms with Gasteiger partial charge >= 0.3 is 0 Å². The Balaban J connectivity index is 1.65. The topological polar surface area (TPSA) is 49.4 Å². The molecule has 27 heavy (non-hydrogen) atoms. The second-order valence-electron chi connectivity index (χ2n) is 6.47. The molecule has 1 N–H and O–H groups in total. The number of fused-ring (bicyclic) bond motifs is 2. The van der Waals surface area contributed by atoms with E-state index in [2.05, 4.69) is 5.32 Å². The minimum absolute atomic E-state index is 0.0566. The van der Waals surface area contributed by atoms with Crippen LogP contribution in [0.25, 0.3) is 0 Å². The summed E-state index contributed by atoms with van der Waals surface area (Å²) in [5.74, 6) is -0.229. The van der Waals surface area contributed by atoms with Crippen LogP contribution in [0.5, 0.6) is 0 Å². The molecule has 134 valence electrons. The molecule has 1 aliphatic rings. The number of hydrogen-bond acceptors (Lipinski definition) is 3. The number of hydrogen-bond donors (Lipinski definition) is 1. The van der Waals surface area contributed by atoms with Crippen LogP contribution < -0.4 is 10.2 Å². The summed E-state index contributed by atoms with van der Waals surface area (Å²) in [5.41, 5.74) is 3.83. The van der Waals surface area contributed by atoms with Crippen molar-refractivity contribution in [2.45, 2.75) is 16.7 Å². The highest BCUT2D eigenvalue weighted by Gasteiger charge is 2.24. The molecular weight excluding hydrogens is 356 g/mol. The smallest absolute Gasteiger partial charge is 0.259 e. The molecular formula is C22H18N2O2S. The van der Waals surface area contributed by atoms with Gasteiger partial charge in [-0.25, -0.2) is 0 Å². The summed E-state index contributed by atoms with van der Waals surface area (Å²) >= 11 is 1.56. The molecule has 4 rings (SSSR count). The molecule has 3 aromatic carbocycles. The quantitative estimate of drug-likeness (QED) is 0.688. The van der Waals surface area contributed by atoms with Gasteiger partial charge in [-0.05, 0) is 49.4 Å². The van der Waals surface area contributed by atoms with Gasteiger partial charge < -0.3 is 10.2 Å². The molecule has 1 aliphatic heterocycles. The molecule has 0 saturated heterocycles. The van der Waals surface area contributed by atoms with Crippen LogP contribution in [0.15, 0.2) is 76.5 Å². The molecule has 0 aromatic heterocycles. The third-order valence-electron chi connectivity index (χ3n) is 4.53. The van der Waals surface area contributed by atoms with Crippen molar-refractivity contribution in [3.05, 3.63) is 83.4 Å². The molecule has 0 fully saturated rings. The first-order chi connectivity index (χ1) is 13.0. The summed E-state index contributed by atoms with van der Waals surface area (Å²) in [4.78, 5) is 28.8. The van der Waals surface area contributed by atoms with Gasteiger partial charge in [-0.3, -0.25) is 9.59 Å². The highest BCUT2D eigenvalue weighted by molar-refractivity contribution is 7.99. The van der Waals surface area contributed by atoms with Crippen molar-refractivity contribution in [3.63, 3.8) is 0 Å². The number of carbonyl (C=O) groups excluding carboxylic acids is 2. The summed E-state index contributed by atoms with van der Waals surface area (Å²) in [7, 11) is 1.76. The van der Waals surface area contributed by atoms with Crippen LogP contribution in [0.3, 0.4) is 0 Å². The van der Waals surface area contributed by atoms with Gasteiger partial charge in [0.1, 0.15) is 0 Å². The van der Waals surface area contributed by atoms with Crippen LogP contribution in [-0.2, 0) is 0 Å². The molecule has 4 nitrogen and oxygen atoms in total. The standard InChI is InChI=1S/C22H18N2O2S/c1-14-7-9-15(10-8-14)21(25)23-16-11-12-20-18(13-16)24(2)22(26)17-5-3-4-6-19(17)27-20/h3-13H,1-2H3,(H,23,25). The summed E-state index contributed by atoms with van der Waals surface area (Å²) < 4.78 is 0. The predicted octanol–water partition coefficient (Wildman–Crippen LogP) is 4.99. The molecule has 5 heteroatoms. The van der Waals surface area contributed by atoms with Crippen LogP contribution in [0, 0.1) is 6.92 Å². The summed E-state index contributed by atoms with van der Waals surface area (Å²) in [6.07, 6.45) is 0. The third-order valence-corrected chi connectivity index (χ3v) is 5.67. The molecule has 0 aliphatic carbocycles. The van der Waals surface area contributed by atoms with Crippen LogP contribution in [0.1, 0.15) is 26.3 Å². The Kier molecular flexibility index (Phi) is 4.46. The molecule has 0 unspecified atom stereocenters. The normalized spacial score (nSPS) is 12.8. The second kappa shape index (κ2) is 6.93. The number of rotatable bonds is 2. The number of benzene rings is 3. The van der Waals surface area contributed by atoms with E-state index in [0.29, 0.717) is 16.8 Å². The van der Waals surface area contributed by atoms with Crippen molar-refractivity contribution in [2.75, 3.05) is 17.3 Å². The van der Waals surface area contributed by atoms with Crippen molar-refractivity contribution < 1.29 is 9.59 Å². The molecule has 0 atom stereocenters. The third kappa shape index (κ3) is 3.34. The fourth-order valence-electron chi connectivity index (χ4n) is 2.99. The molecule has 0 radical (unpaired) electrons. The number of carbonyl (C=O) groups is 2. The first-order valence-corrected chi connectivity index (χ1v) is 9.41. The highest BCUT2D eigenvalue weighted by atomic mass is 32.2. The maximum absolute atomic E-state index is 12.8. The average Bonchev–Trinajstić information content (AvgIpc) is 2.78. The maximum atomic E-state index is 12.8. The Morgan fingerprint density at radius 1 is 0.963 bits per heavy atom. The van der Waals surface area contributed by atoms with E-state index in [9.17, 15) is 9.59 Å². The first kappa shape index (κ1) is 17.4. The van der Waals surface area contributed by atoms with Gasteiger partial charge in [0.2, 0.25) is 0 Å². The van der Waals surface area contributed by atoms with Crippen molar-refractivity contribution in [1.29, 1.82) is 0 Å². The van der Waals surface area contributed by atoms with Crippen LogP contribution in [0.2, 0.25) is 0 Å². The fraction of sp³-hybridized carbons (Fsp3) is 0.0909. The van der Waals surface area contributed by atoms with Crippen molar-refractivity contribution in [3.8, 4) is 0 Å². The van der Waals surface area contributed by atoms with E-state index in [1.54, 1.807) is 35.8 Å². The molecule has 1 heterocycles. The van der Waals surface area contributed by atoms with Crippen LogP contribution in [0.4, 0.5) is 11.4 Å². The predicted molar refractivity (Wildman–Crippen MR) is 109 cm³/mol. The highest BCUT2D eigenvalue weighted by Crippen LogP contribution is 2.41. The zero-order valence-electron chi connectivity index (χ0n) is 15.0. The van der Waals surface area contributed by atoms with Crippen LogP contribution >= 0.6 is 11.8 Å². The minimum atomic E-state index is -0.173. The Morgan fingerprint density at radius 3 is 2.48 bits per heavy atom. The Labute approximate surface area is 162 Å². The summed E-state index contributed by atoms with van der Waals surface area (Å²) in [5, 5.41) is 2.92. The van der Waals surface area contributed by atoms with Gasteiger partial charge in [0.15, 0.2) is 0 Å². The number of amides is 2. The van der Waals surface area contributed by atoms with Gasteiger partial charge in [-0.15, -0.1) is 0 Å². The van der Waals surface area contributed by atoms with Gasteiger partial charge in [0.05, 0.1) is 11.3 Å². The van der Waals surface area contributed by atoms with Crippen molar-refractivity contribution >= 4 is 35.0 Å². The number of anilines is 2. The van der Waals surface area contributed by atoms with E-state index in [-0.39, 0.29) is 11.8 Å². The maximum Gasteiger partial charge on any atom is 0.259 e. The molecule has 0 saturated carbocycles. The zero-order valence-corrected chi connectivity index (χ0v) is 15.8. The molecule has 2 amide bonds. The first-order valence-electron chi connectivity index (χ1n) is 8.60. The van der Waals surface area contributed by atoms with E-state index in [0.717, 1.165) is 21.0 Å². The fourth-order valence-corrected chi connectivity index (χ4v) is 4.08. The van der Waals surface area contributed by atoms with Crippen molar-refractivity contribution in [1.82, 2.24) is 0 Å². The lowest BCUT2D eigenvalue weighted by Gasteiger charge is -2.18. The SMILES string of the molecule is Cc1ccc(C(=O)Nc2ccc3c(c2)N(C)C(=O)c2ccccc2S3)cc1. The van der Waals surface area contributed by atoms with E-state index in [1.165, 1.54) is 0 Å². The second-order valence-corrected chi connectivity index (χ2v) is 7.55. The largest absolute Gasteiger partial charge is 0.322 e. The Morgan fingerprint density at radius 2 is 1.70 bits per heavy atom. The molecule has 0 spiro atoms. The lowest BCUT2D eigenvalue weighted by Crippen LogP contribution is -2.26. The van der Waals surface area contributed by atoms with Crippen molar-refractivity contribution in [2.24, 2.45) is 0 Å². The Hall–Kier alpha value is -3.05. The van der Waals surface area contributed by atoms with Gasteiger partial charge in [-0.1, -0.05) is 41.6 Å². The lowest BCUT2D eigenvalue weighted by atomic mass is 10.1. The van der Waals surface area contributed by atoms with Crippen LogP contribution in [-0.4, -0.2) is 18.9 Å².